The summed E-state index contributed by atoms with van der Waals surface area (Å²) in [6, 6.07) is 9.87. The first-order valence-electron chi connectivity index (χ1n) is 5.77. The van der Waals surface area contributed by atoms with Crippen molar-refractivity contribution < 1.29 is 0 Å². The first kappa shape index (κ1) is 11.8. The van der Waals surface area contributed by atoms with Gasteiger partial charge in [0.2, 0.25) is 0 Å². The van der Waals surface area contributed by atoms with Crippen LogP contribution in [0.15, 0.2) is 36.5 Å². The molecule has 1 heterocycles. The Labute approximate surface area is 101 Å². The highest BCUT2D eigenvalue weighted by Crippen LogP contribution is 2.03. The van der Waals surface area contributed by atoms with Gasteiger partial charge in [-0.15, -0.1) is 0 Å². The monoisotopic (exact) mass is 231 g/mol. The van der Waals surface area contributed by atoms with E-state index < -0.39 is 0 Å². The Kier molecular flexibility index (Phi) is 4.23. The molecule has 17 heavy (non-hydrogen) atoms. The molecular weight excluding hydrogens is 214 g/mol. The second kappa shape index (κ2) is 6.12. The Morgan fingerprint density at radius 1 is 1.24 bits per heavy atom. The van der Waals surface area contributed by atoms with E-state index in [0.717, 1.165) is 30.9 Å². The Morgan fingerprint density at radius 3 is 2.82 bits per heavy atom. The van der Waals surface area contributed by atoms with Crippen LogP contribution in [-0.2, 0) is 6.54 Å². The van der Waals surface area contributed by atoms with E-state index in [4.69, 9.17) is 5.73 Å². The smallest absolute Gasteiger partial charge is 0.0969 e. The van der Waals surface area contributed by atoms with Crippen LogP contribution >= 0.6 is 0 Å². The van der Waals surface area contributed by atoms with Crippen LogP contribution in [0, 0.1) is 0 Å². The number of aromatic nitrogens is 3. The number of para-hydroxylation sites is 1. The van der Waals surface area contributed by atoms with Crippen LogP contribution in [0.4, 0.5) is 0 Å². The summed E-state index contributed by atoms with van der Waals surface area (Å²) < 4.78 is 0. The highest BCUT2D eigenvalue weighted by atomic mass is 15.5. The fraction of sp³-hybridized carbons (Fsp3) is 0.333. The molecule has 1 aromatic heterocycles. The van der Waals surface area contributed by atoms with Gasteiger partial charge in [0.15, 0.2) is 0 Å². The van der Waals surface area contributed by atoms with Gasteiger partial charge >= 0.3 is 0 Å². The van der Waals surface area contributed by atoms with E-state index in [-0.39, 0.29) is 0 Å². The maximum Gasteiger partial charge on any atom is 0.0969 e. The van der Waals surface area contributed by atoms with Crippen LogP contribution in [0.3, 0.4) is 0 Å². The normalized spacial score (nSPS) is 10.6. The van der Waals surface area contributed by atoms with Crippen molar-refractivity contribution in [1.82, 2.24) is 20.3 Å². The average Bonchev–Trinajstić information content (AvgIpc) is 2.85. The topological polar surface area (TPSA) is 68.8 Å². The van der Waals surface area contributed by atoms with Gasteiger partial charge in [0.05, 0.1) is 17.6 Å². The third kappa shape index (κ3) is 3.37. The summed E-state index contributed by atoms with van der Waals surface area (Å²) in [5.41, 5.74) is 7.32. The number of nitrogens with two attached hydrogens (primary N) is 1. The SMILES string of the molecule is NCCCNCc1cnn(-c2ccccc2)n1. The molecule has 0 aliphatic heterocycles. The molecular formula is C12H17N5. The predicted molar refractivity (Wildman–Crippen MR) is 66.7 cm³/mol. The molecule has 0 saturated heterocycles. The minimum Gasteiger partial charge on any atom is -0.330 e. The van der Waals surface area contributed by atoms with Crippen LogP contribution in [-0.4, -0.2) is 28.1 Å². The lowest BCUT2D eigenvalue weighted by atomic mass is 10.3. The van der Waals surface area contributed by atoms with Crippen molar-refractivity contribution in [3.8, 4) is 5.69 Å². The van der Waals surface area contributed by atoms with E-state index in [9.17, 15) is 0 Å². The molecule has 0 unspecified atom stereocenters. The highest BCUT2D eigenvalue weighted by Gasteiger charge is 2.01. The average molecular weight is 231 g/mol. The third-order valence-corrected chi connectivity index (χ3v) is 2.39. The summed E-state index contributed by atoms with van der Waals surface area (Å²) in [6.45, 7) is 2.35. The summed E-state index contributed by atoms with van der Waals surface area (Å²) in [4.78, 5) is 1.64. The zero-order chi connectivity index (χ0) is 11.9. The lowest BCUT2D eigenvalue weighted by molar-refractivity contribution is 0.637. The van der Waals surface area contributed by atoms with Crippen molar-refractivity contribution in [2.24, 2.45) is 5.73 Å². The molecule has 1 aromatic carbocycles. The Hall–Kier alpha value is -1.72. The van der Waals surface area contributed by atoms with E-state index in [1.165, 1.54) is 0 Å². The van der Waals surface area contributed by atoms with Crippen molar-refractivity contribution in [1.29, 1.82) is 0 Å². The van der Waals surface area contributed by atoms with Gasteiger partial charge in [-0.1, -0.05) is 18.2 Å². The van der Waals surface area contributed by atoms with E-state index in [1.807, 2.05) is 30.3 Å². The predicted octanol–water partition coefficient (Wildman–Crippen LogP) is 0.706. The van der Waals surface area contributed by atoms with Crippen LogP contribution in [0.2, 0.25) is 0 Å². The maximum absolute atomic E-state index is 5.42. The maximum atomic E-state index is 5.42. The number of nitrogens with one attached hydrogen (secondary N) is 1. The van der Waals surface area contributed by atoms with Gasteiger partial charge in [-0.25, -0.2) is 0 Å². The number of hydrogen-bond acceptors (Lipinski definition) is 4. The number of hydrogen-bond donors (Lipinski definition) is 2. The van der Waals surface area contributed by atoms with Gasteiger partial charge in [-0.2, -0.15) is 15.0 Å². The molecule has 90 valence electrons. The standard InChI is InChI=1S/C12H17N5/c13-7-4-8-14-9-11-10-15-17(16-11)12-5-2-1-3-6-12/h1-3,5-6,10,14H,4,7-9,13H2. The Morgan fingerprint density at radius 2 is 2.06 bits per heavy atom. The zero-order valence-electron chi connectivity index (χ0n) is 9.71. The van der Waals surface area contributed by atoms with Crippen molar-refractivity contribution >= 4 is 0 Å². The first-order valence-corrected chi connectivity index (χ1v) is 5.77. The Balaban J connectivity index is 1.92. The fourth-order valence-corrected chi connectivity index (χ4v) is 1.50. The molecule has 0 atom stereocenters. The van der Waals surface area contributed by atoms with Gasteiger partial charge in [0.1, 0.15) is 0 Å². The largest absolute Gasteiger partial charge is 0.330 e. The molecule has 0 spiro atoms. The molecule has 0 aliphatic rings. The van der Waals surface area contributed by atoms with E-state index in [2.05, 4.69) is 15.5 Å². The van der Waals surface area contributed by atoms with Gasteiger partial charge < -0.3 is 11.1 Å². The van der Waals surface area contributed by atoms with Crippen LogP contribution in [0.1, 0.15) is 12.1 Å². The Bertz CT molecular complexity index is 437. The van der Waals surface area contributed by atoms with Gasteiger partial charge in [0.25, 0.3) is 0 Å². The van der Waals surface area contributed by atoms with Crippen molar-refractivity contribution in [2.75, 3.05) is 13.1 Å². The summed E-state index contributed by atoms with van der Waals surface area (Å²) in [6.07, 6.45) is 2.76. The highest BCUT2D eigenvalue weighted by molar-refractivity contribution is 5.28. The van der Waals surface area contributed by atoms with Crippen molar-refractivity contribution in [3.05, 3.63) is 42.2 Å². The van der Waals surface area contributed by atoms with Gasteiger partial charge in [-0.05, 0) is 31.6 Å². The minimum atomic E-state index is 0.712. The fourth-order valence-electron chi connectivity index (χ4n) is 1.50. The van der Waals surface area contributed by atoms with Crippen LogP contribution in [0.25, 0.3) is 5.69 Å². The molecule has 0 amide bonds. The molecule has 5 heteroatoms. The summed E-state index contributed by atoms with van der Waals surface area (Å²) in [5, 5.41) is 11.9. The van der Waals surface area contributed by atoms with Gasteiger partial charge in [-0.3, -0.25) is 0 Å². The lowest BCUT2D eigenvalue weighted by Crippen LogP contribution is -2.18. The minimum absolute atomic E-state index is 0.712. The molecule has 0 radical (unpaired) electrons. The quantitative estimate of drug-likeness (QED) is 0.718. The number of benzene rings is 1. The van der Waals surface area contributed by atoms with Gasteiger partial charge in [0, 0.05) is 6.54 Å². The van der Waals surface area contributed by atoms with E-state index >= 15 is 0 Å². The van der Waals surface area contributed by atoms with Crippen molar-refractivity contribution in [3.63, 3.8) is 0 Å². The second-order valence-corrected chi connectivity index (χ2v) is 3.78. The van der Waals surface area contributed by atoms with Crippen LogP contribution < -0.4 is 11.1 Å². The molecule has 0 aliphatic carbocycles. The first-order chi connectivity index (χ1) is 8.40. The summed E-state index contributed by atoms with van der Waals surface area (Å²) in [7, 11) is 0. The zero-order valence-corrected chi connectivity index (χ0v) is 9.71. The molecule has 3 N–H and O–H groups in total. The third-order valence-electron chi connectivity index (χ3n) is 2.39. The molecule has 2 aromatic rings. The summed E-state index contributed by atoms with van der Waals surface area (Å²) in [5.74, 6) is 0. The molecule has 5 nitrogen and oxygen atoms in total. The molecule has 0 saturated carbocycles. The number of nitrogens with zero attached hydrogens (tertiary/aromatic N) is 3. The molecule has 0 fully saturated rings. The molecule has 0 bridgehead atoms. The summed E-state index contributed by atoms with van der Waals surface area (Å²) >= 11 is 0. The van der Waals surface area contributed by atoms with E-state index in [1.54, 1.807) is 11.0 Å². The molecule has 2 rings (SSSR count). The lowest BCUT2D eigenvalue weighted by Gasteiger charge is -2.00. The second-order valence-electron chi connectivity index (χ2n) is 3.78. The van der Waals surface area contributed by atoms with Crippen LogP contribution in [0.5, 0.6) is 0 Å². The number of rotatable bonds is 6. The van der Waals surface area contributed by atoms with E-state index in [0.29, 0.717) is 6.54 Å². The van der Waals surface area contributed by atoms with Crippen molar-refractivity contribution in [2.45, 2.75) is 13.0 Å².